The molecule has 0 fully saturated rings. The quantitative estimate of drug-likeness (QED) is 0.615. The van der Waals surface area contributed by atoms with Crippen LogP contribution in [0.1, 0.15) is 16.1 Å². The lowest BCUT2D eigenvalue weighted by atomic mass is 10.0. The van der Waals surface area contributed by atoms with Crippen molar-refractivity contribution in [1.29, 1.82) is 0 Å². The third-order valence-electron chi connectivity index (χ3n) is 3.95. The highest BCUT2D eigenvalue weighted by atomic mass is 16.1. The van der Waals surface area contributed by atoms with E-state index in [-0.39, 0.29) is 5.91 Å². The predicted octanol–water partition coefficient (Wildman–Crippen LogP) is 3.65. The second-order valence-corrected chi connectivity index (χ2v) is 5.85. The molecular weight excluding hydrogens is 326 g/mol. The van der Waals surface area contributed by atoms with Crippen LogP contribution in [-0.2, 0) is 0 Å². The number of benzene rings is 1. The summed E-state index contributed by atoms with van der Waals surface area (Å²) in [6.45, 7) is 1.90. The van der Waals surface area contributed by atoms with Crippen molar-refractivity contribution in [2.75, 3.05) is 5.32 Å². The molecule has 0 bridgehead atoms. The molecule has 1 N–H and O–H groups in total. The summed E-state index contributed by atoms with van der Waals surface area (Å²) in [4.78, 5) is 29.5. The molecule has 26 heavy (non-hydrogen) atoms. The largest absolute Gasteiger partial charge is 0.321 e. The summed E-state index contributed by atoms with van der Waals surface area (Å²) in [6.07, 6.45) is 6.62. The number of anilines is 1. The molecule has 3 aromatic heterocycles. The van der Waals surface area contributed by atoms with Crippen LogP contribution in [0.5, 0.6) is 0 Å². The van der Waals surface area contributed by atoms with E-state index in [1.807, 2.05) is 43.3 Å². The van der Waals surface area contributed by atoms with Crippen molar-refractivity contribution < 1.29 is 4.79 Å². The van der Waals surface area contributed by atoms with E-state index in [2.05, 4.69) is 25.3 Å². The number of rotatable bonds is 3. The van der Waals surface area contributed by atoms with E-state index in [0.717, 1.165) is 16.8 Å². The Morgan fingerprint density at radius 2 is 1.77 bits per heavy atom. The van der Waals surface area contributed by atoms with Crippen LogP contribution in [-0.4, -0.2) is 25.8 Å². The van der Waals surface area contributed by atoms with Crippen molar-refractivity contribution in [3.63, 3.8) is 0 Å². The fraction of sp³-hybridized carbons (Fsp3) is 0.0500. The van der Waals surface area contributed by atoms with Gasteiger partial charge in [-0.2, -0.15) is 0 Å². The van der Waals surface area contributed by atoms with Gasteiger partial charge < -0.3 is 5.32 Å². The van der Waals surface area contributed by atoms with Crippen molar-refractivity contribution in [2.45, 2.75) is 6.92 Å². The third-order valence-corrected chi connectivity index (χ3v) is 3.95. The summed E-state index contributed by atoms with van der Waals surface area (Å²) in [5.74, 6) is -0.189. The molecule has 4 rings (SSSR count). The van der Waals surface area contributed by atoms with Crippen LogP contribution in [0.15, 0.2) is 67.3 Å². The zero-order chi connectivity index (χ0) is 17.9. The fourth-order valence-electron chi connectivity index (χ4n) is 2.60. The van der Waals surface area contributed by atoms with Crippen LogP contribution in [0, 0.1) is 6.92 Å². The van der Waals surface area contributed by atoms with Gasteiger partial charge in [0, 0.05) is 35.4 Å². The Kier molecular flexibility index (Phi) is 4.07. The molecule has 126 valence electrons. The van der Waals surface area contributed by atoms with Crippen LogP contribution in [0.25, 0.3) is 22.3 Å². The van der Waals surface area contributed by atoms with Crippen LogP contribution in [0.2, 0.25) is 0 Å². The average molecular weight is 341 g/mol. The maximum absolute atomic E-state index is 12.5. The Morgan fingerprint density at radius 1 is 0.885 bits per heavy atom. The van der Waals surface area contributed by atoms with Crippen LogP contribution >= 0.6 is 0 Å². The number of hydrogen-bond acceptors (Lipinski definition) is 5. The molecule has 0 aliphatic heterocycles. The highest BCUT2D eigenvalue weighted by Gasteiger charge is 2.09. The number of carbonyl (C=O) groups is 1. The van der Waals surface area contributed by atoms with Gasteiger partial charge in [-0.1, -0.05) is 12.1 Å². The first-order valence-corrected chi connectivity index (χ1v) is 8.10. The van der Waals surface area contributed by atoms with E-state index in [9.17, 15) is 4.79 Å². The lowest BCUT2D eigenvalue weighted by Gasteiger charge is -2.07. The Bertz CT molecular complexity index is 1090. The van der Waals surface area contributed by atoms with E-state index < -0.39 is 0 Å². The Hall–Kier alpha value is -3.67. The van der Waals surface area contributed by atoms with Crippen LogP contribution in [0.4, 0.5) is 5.69 Å². The Morgan fingerprint density at radius 3 is 2.62 bits per heavy atom. The zero-order valence-electron chi connectivity index (χ0n) is 14.0. The molecule has 0 saturated carbocycles. The summed E-state index contributed by atoms with van der Waals surface area (Å²) < 4.78 is 0. The number of fused-ring (bicyclic) bond motifs is 1. The number of hydrogen-bond donors (Lipinski definition) is 1. The molecule has 0 spiro atoms. The molecule has 1 aromatic carbocycles. The standard InChI is InChI=1S/C20H15N5O/c1-13-5-6-17(12-23-13)25-20(26)15-4-2-3-14(9-15)16-10-18-19(24-11-16)22-8-7-21-18/h2-12H,1H3,(H,25,26). The smallest absolute Gasteiger partial charge is 0.255 e. The van der Waals surface area contributed by atoms with Gasteiger partial charge in [0.15, 0.2) is 5.65 Å². The van der Waals surface area contributed by atoms with Gasteiger partial charge in [-0.25, -0.2) is 9.97 Å². The van der Waals surface area contributed by atoms with Gasteiger partial charge in [0.05, 0.1) is 11.9 Å². The van der Waals surface area contributed by atoms with Crippen molar-refractivity contribution in [2.24, 2.45) is 0 Å². The van der Waals surface area contributed by atoms with Crippen molar-refractivity contribution in [3.8, 4) is 11.1 Å². The molecule has 0 aliphatic rings. The summed E-state index contributed by atoms with van der Waals surface area (Å²) in [7, 11) is 0. The fourth-order valence-corrected chi connectivity index (χ4v) is 2.60. The molecular formula is C20H15N5O. The molecule has 3 heterocycles. The molecule has 0 saturated heterocycles. The summed E-state index contributed by atoms with van der Waals surface area (Å²) in [5, 5.41) is 2.85. The number of aromatic nitrogens is 4. The predicted molar refractivity (Wildman–Crippen MR) is 99.7 cm³/mol. The minimum absolute atomic E-state index is 0.189. The number of carbonyl (C=O) groups excluding carboxylic acids is 1. The topological polar surface area (TPSA) is 80.7 Å². The lowest BCUT2D eigenvalue weighted by molar-refractivity contribution is 0.102. The number of amides is 1. The lowest BCUT2D eigenvalue weighted by Crippen LogP contribution is -2.12. The van der Waals surface area contributed by atoms with E-state index in [1.165, 1.54) is 0 Å². The van der Waals surface area contributed by atoms with E-state index in [1.54, 1.807) is 30.9 Å². The van der Waals surface area contributed by atoms with Crippen LogP contribution < -0.4 is 5.32 Å². The first-order valence-electron chi connectivity index (χ1n) is 8.10. The molecule has 1 amide bonds. The van der Waals surface area contributed by atoms with Crippen molar-refractivity contribution >= 4 is 22.8 Å². The summed E-state index contributed by atoms with van der Waals surface area (Å²) in [5.41, 5.74) is 5.19. The average Bonchev–Trinajstić information content (AvgIpc) is 2.69. The second kappa shape index (κ2) is 6.68. The summed E-state index contributed by atoms with van der Waals surface area (Å²) >= 11 is 0. The summed E-state index contributed by atoms with van der Waals surface area (Å²) in [6, 6.07) is 13.0. The highest BCUT2D eigenvalue weighted by Crippen LogP contribution is 2.22. The molecule has 0 unspecified atom stereocenters. The number of nitrogens with one attached hydrogen (secondary N) is 1. The molecule has 0 atom stereocenters. The van der Waals surface area contributed by atoms with Crippen molar-refractivity contribution in [3.05, 3.63) is 78.5 Å². The minimum Gasteiger partial charge on any atom is -0.321 e. The number of nitrogens with zero attached hydrogens (tertiary/aromatic N) is 4. The first kappa shape index (κ1) is 15.8. The minimum atomic E-state index is -0.189. The monoisotopic (exact) mass is 341 g/mol. The zero-order valence-corrected chi connectivity index (χ0v) is 14.0. The van der Waals surface area contributed by atoms with Gasteiger partial charge in [0.1, 0.15) is 5.52 Å². The molecule has 6 nitrogen and oxygen atoms in total. The highest BCUT2D eigenvalue weighted by molar-refractivity contribution is 6.04. The maximum atomic E-state index is 12.5. The van der Waals surface area contributed by atoms with Gasteiger partial charge in [-0.15, -0.1) is 0 Å². The van der Waals surface area contributed by atoms with Gasteiger partial charge in [-0.3, -0.25) is 14.8 Å². The Balaban J connectivity index is 1.62. The number of aryl methyl sites for hydroxylation is 1. The normalized spacial score (nSPS) is 10.7. The van der Waals surface area contributed by atoms with Gasteiger partial charge in [0.2, 0.25) is 0 Å². The second-order valence-electron chi connectivity index (χ2n) is 5.85. The first-order chi connectivity index (χ1) is 12.7. The number of pyridine rings is 2. The third kappa shape index (κ3) is 3.25. The SMILES string of the molecule is Cc1ccc(NC(=O)c2cccc(-c3cnc4nccnc4c3)c2)cn1. The van der Waals surface area contributed by atoms with Crippen LogP contribution in [0.3, 0.4) is 0 Å². The van der Waals surface area contributed by atoms with E-state index >= 15 is 0 Å². The molecule has 4 aromatic rings. The Labute approximate surface area is 150 Å². The van der Waals surface area contributed by atoms with Gasteiger partial charge >= 0.3 is 0 Å². The van der Waals surface area contributed by atoms with Gasteiger partial charge in [-0.05, 0) is 42.8 Å². The molecule has 6 heteroatoms. The van der Waals surface area contributed by atoms with E-state index in [0.29, 0.717) is 22.4 Å². The molecule has 0 aliphatic carbocycles. The van der Waals surface area contributed by atoms with Crippen molar-refractivity contribution in [1.82, 2.24) is 19.9 Å². The van der Waals surface area contributed by atoms with E-state index in [4.69, 9.17) is 0 Å². The maximum Gasteiger partial charge on any atom is 0.255 e. The van der Waals surface area contributed by atoms with Gasteiger partial charge in [0.25, 0.3) is 5.91 Å². The molecule has 0 radical (unpaired) electrons.